The molecule has 16 heavy (non-hydrogen) atoms. The lowest BCUT2D eigenvalue weighted by molar-refractivity contribution is 0.619. The maximum absolute atomic E-state index is 13.0. The summed E-state index contributed by atoms with van der Waals surface area (Å²) in [5.74, 6) is 0.0512. The minimum absolute atomic E-state index is 0.296. The molecule has 5 heteroatoms. The predicted molar refractivity (Wildman–Crippen MR) is 60.1 cm³/mol. The third-order valence-electron chi connectivity index (χ3n) is 2.15. The molecule has 0 radical (unpaired) electrons. The van der Waals surface area contributed by atoms with Crippen molar-refractivity contribution < 1.29 is 4.39 Å². The van der Waals surface area contributed by atoms with Crippen LogP contribution >= 0.6 is 15.9 Å². The van der Waals surface area contributed by atoms with E-state index in [1.165, 1.54) is 6.07 Å². The van der Waals surface area contributed by atoms with Crippen LogP contribution in [0.1, 0.15) is 11.4 Å². The van der Waals surface area contributed by atoms with Crippen molar-refractivity contribution in [2.75, 3.05) is 0 Å². The molecule has 2 rings (SSSR count). The first kappa shape index (κ1) is 10.8. The van der Waals surface area contributed by atoms with Crippen LogP contribution in [-0.2, 0) is 6.54 Å². The van der Waals surface area contributed by atoms with E-state index in [0.29, 0.717) is 16.8 Å². The number of nitriles is 1. The van der Waals surface area contributed by atoms with Gasteiger partial charge in [-0.2, -0.15) is 5.26 Å². The van der Waals surface area contributed by atoms with E-state index in [2.05, 4.69) is 20.9 Å². The maximum atomic E-state index is 13.0. The molecule has 2 aromatic rings. The van der Waals surface area contributed by atoms with Crippen LogP contribution in [0.2, 0.25) is 0 Å². The number of imidazole rings is 1. The zero-order chi connectivity index (χ0) is 11.5. The quantitative estimate of drug-likeness (QED) is 0.848. The lowest BCUT2D eigenvalue weighted by Crippen LogP contribution is -2.01. The van der Waals surface area contributed by atoms with Gasteiger partial charge in [-0.1, -0.05) is 6.07 Å². The number of benzene rings is 1. The van der Waals surface area contributed by atoms with Gasteiger partial charge >= 0.3 is 0 Å². The number of hydrogen-bond donors (Lipinski definition) is 0. The molecular weight excluding hydrogens is 273 g/mol. The lowest BCUT2D eigenvalue weighted by atomic mass is 10.2. The number of halogens is 2. The molecule has 1 heterocycles. The maximum Gasteiger partial charge on any atom is 0.213 e. The SMILES string of the molecule is N#Cc1nccn1Cc1ccc(F)c(Br)c1. The molecule has 0 spiro atoms. The highest BCUT2D eigenvalue weighted by atomic mass is 79.9. The van der Waals surface area contributed by atoms with Gasteiger partial charge in [-0.25, -0.2) is 9.37 Å². The van der Waals surface area contributed by atoms with E-state index in [9.17, 15) is 4.39 Å². The summed E-state index contributed by atoms with van der Waals surface area (Å²) in [4.78, 5) is 3.89. The fourth-order valence-electron chi connectivity index (χ4n) is 1.38. The normalized spacial score (nSPS) is 10.1. The lowest BCUT2D eigenvalue weighted by Gasteiger charge is -2.04. The van der Waals surface area contributed by atoms with Crippen LogP contribution in [0.25, 0.3) is 0 Å². The minimum atomic E-state index is -0.296. The second-order valence-corrected chi connectivity index (χ2v) is 4.09. The average Bonchev–Trinajstić information content (AvgIpc) is 2.71. The van der Waals surface area contributed by atoms with E-state index in [1.54, 1.807) is 29.1 Å². The minimum Gasteiger partial charge on any atom is -0.318 e. The Morgan fingerprint density at radius 2 is 2.31 bits per heavy atom. The van der Waals surface area contributed by atoms with Gasteiger partial charge in [0.1, 0.15) is 11.9 Å². The van der Waals surface area contributed by atoms with Gasteiger partial charge in [0.2, 0.25) is 5.82 Å². The zero-order valence-corrected chi connectivity index (χ0v) is 9.78. The van der Waals surface area contributed by atoms with E-state index >= 15 is 0 Å². The molecule has 0 aliphatic heterocycles. The van der Waals surface area contributed by atoms with Crippen LogP contribution in [0, 0.1) is 17.1 Å². The summed E-state index contributed by atoms with van der Waals surface area (Å²) in [6.07, 6.45) is 3.28. The number of nitrogens with zero attached hydrogens (tertiary/aromatic N) is 3. The van der Waals surface area contributed by atoms with Gasteiger partial charge in [-0.15, -0.1) is 0 Å². The summed E-state index contributed by atoms with van der Waals surface area (Å²) in [6, 6.07) is 6.75. The Labute approximate surface area is 100 Å². The van der Waals surface area contributed by atoms with Crippen molar-refractivity contribution in [2.24, 2.45) is 0 Å². The molecule has 3 nitrogen and oxygen atoms in total. The zero-order valence-electron chi connectivity index (χ0n) is 8.19. The van der Waals surface area contributed by atoms with Crippen LogP contribution in [-0.4, -0.2) is 9.55 Å². The second kappa shape index (κ2) is 4.45. The van der Waals surface area contributed by atoms with Crippen molar-refractivity contribution in [3.8, 4) is 6.07 Å². The molecule has 0 N–H and O–H groups in total. The van der Waals surface area contributed by atoms with Gasteiger partial charge in [-0.05, 0) is 33.6 Å². The fraction of sp³-hybridized carbons (Fsp3) is 0.0909. The Balaban J connectivity index is 2.28. The van der Waals surface area contributed by atoms with Gasteiger partial charge < -0.3 is 4.57 Å². The monoisotopic (exact) mass is 279 g/mol. The van der Waals surface area contributed by atoms with E-state index in [1.807, 2.05) is 6.07 Å². The third kappa shape index (κ3) is 2.12. The Morgan fingerprint density at radius 1 is 1.50 bits per heavy atom. The Morgan fingerprint density at radius 3 is 3.00 bits per heavy atom. The Kier molecular flexibility index (Phi) is 3.02. The molecule has 0 amide bonds. The largest absolute Gasteiger partial charge is 0.318 e. The highest BCUT2D eigenvalue weighted by Crippen LogP contribution is 2.17. The second-order valence-electron chi connectivity index (χ2n) is 3.24. The predicted octanol–water partition coefficient (Wildman–Crippen LogP) is 2.70. The molecule has 1 aromatic heterocycles. The van der Waals surface area contributed by atoms with E-state index in [0.717, 1.165) is 5.56 Å². The van der Waals surface area contributed by atoms with Crippen LogP contribution in [0.3, 0.4) is 0 Å². The van der Waals surface area contributed by atoms with Gasteiger partial charge in [0.05, 0.1) is 4.47 Å². The van der Waals surface area contributed by atoms with Gasteiger partial charge in [-0.3, -0.25) is 0 Å². The molecule has 0 aliphatic carbocycles. The van der Waals surface area contributed by atoms with Crippen molar-refractivity contribution in [1.82, 2.24) is 9.55 Å². The number of aromatic nitrogens is 2. The average molecular weight is 280 g/mol. The molecule has 0 aliphatic rings. The van der Waals surface area contributed by atoms with Gasteiger partial charge in [0.15, 0.2) is 0 Å². The molecule has 0 saturated heterocycles. The summed E-state index contributed by atoms with van der Waals surface area (Å²) < 4.78 is 15.1. The van der Waals surface area contributed by atoms with Crippen LogP contribution in [0.5, 0.6) is 0 Å². The highest BCUT2D eigenvalue weighted by Gasteiger charge is 2.04. The first-order valence-corrected chi connectivity index (χ1v) is 5.35. The van der Waals surface area contributed by atoms with Crippen molar-refractivity contribution in [2.45, 2.75) is 6.54 Å². The number of rotatable bonds is 2. The molecule has 0 unspecified atom stereocenters. The smallest absolute Gasteiger partial charge is 0.213 e. The van der Waals surface area contributed by atoms with E-state index in [4.69, 9.17) is 5.26 Å². The van der Waals surface area contributed by atoms with Crippen LogP contribution in [0.15, 0.2) is 35.1 Å². The third-order valence-corrected chi connectivity index (χ3v) is 2.76. The molecule has 1 aromatic carbocycles. The summed E-state index contributed by atoms with van der Waals surface area (Å²) >= 11 is 3.12. The first-order valence-electron chi connectivity index (χ1n) is 4.56. The van der Waals surface area contributed by atoms with Crippen molar-refractivity contribution >= 4 is 15.9 Å². The summed E-state index contributed by atoms with van der Waals surface area (Å²) in [7, 11) is 0. The summed E-state index contributed by atoms with van der Waals surface area (Å²) in [5, 5.41) is 8.78. The van der Waals surface area contributed by atoms with Crippen LogP contribution in [0.4, 0.5) is 4.39 Å². The first-order chi connectivity index (χ1) is 7.70. The van der Waals surface area contributed by atoms with Crippen LogP contribution < -0.4 is 0 Å². The van der Waals surface area contributed by atoms with E-state index in [-0.39, 0.29) is 5.82 Å². The highest BCUT2D eigenvalue weighted by molar-refractivity contribution is 9.10. The topological polar surface area (TPSA) is 41.6 Å². The Hall–Kier alpha value is -1.67. The number of hydrogen-bond acceptors (Lipinski definition) is 2. The van der Waals surface area contributed by atoms with Gasteiger partial charge in [0.25, 0.3) is 0 Å². The molecule has 0 fully saturated rings. The van der Waals surface area contributed by atoms with Gasteiger partial charge in [0, 0.05) is 18.9 Å². The molecule has 0 atom stereocenters. The standard InChI is InChI=1S/C11H7BrFN3/c12-9-5-8(1-2-10(9)13)7-16-4-3-15-11(16)6-14/h1-5H,7H2. The fourth-order valence-corrected chi connectivity index (χ4v) is 1.81. The molecule has 0 saturated carbocycles. The molecule has 0 bridgehead atoms. The Bertz CT molecular complexity index is 557. The van der Waals surface area contributed by atoms with E-state index < -0.39 is 0 Å². The summed E-state index contributed by atoms with van der Waals surface area (Å²) in [6.45, 7) is 0.502. The van der Waals surface area contributed by atoms with Crippen molar-refractivity contribution in [3.63, 3.8) is 0 Å². The van der Waals surface area contributed by atoms with Crippen molar-refractivity contribution in [1.29, 1.82) is 5.26 Å². The molecular formula is C11H7BrFN3. The summed E-state index contributed by atoms with van der Waals surface area (Å²) in [5.41, 5.74) is 0.905. The molecule has 80 valence electrons. The van der Waals surface area contributed by atoms with Crippen molar-refractivity contribution in [3.05, 3.63) is 52.3 Å².